The van der Waals surface area contributed by atoms with Gasteiger partial charge in [0.1, 0.15) is 0 Å². The molecule has 0 aromatic rings. The van der Waals surface area contributed by atoms with Crippen molar-refractivity contribution in [3.63, 3.8) is 0 Å². The average molecular weight is 333 g/mol. The fourth-order valence-electron chi connectivity index (χ4n) is 3.19. The summed E-state index contributed by atoms with van der Waals surface area (Å²) in [6.07, 6.45) is 2.17. The van der Waals surface area contributed by atoms with Crippen LogP contribution in [-0.2, 0) is 15.0 Å². The Morgan fingerprint density at radius 2 is 1.68 bits per heavy atom. The number of carboxylic acid groups (broad SMARTS) is 1. The van der Waals surface area contributed by atoms with Crippen LogP contribution in [0.1, 0.15) is 33.1 Å². The molecule has 1 heterocycles. The predicted molar refractivity (Wildman–Crippen MR) is 83.8 cm³/mol. The fraction of sp³-hybridized carbons (Fsp3) is 0.929. The molecule has 0 amide bonds. The monoisotopic (exact) mass is 333 g/mol. The summed E-state index contributed by atoms with van der Waals surface area (Å²) in [5.74, 6) is -0.736. The minimum atomic E-state index is -3.35. The second-order valence-corrected chi connectivity index (χ2v) is 8.27. The predicted octanol–water partition coefficient (Wildman–Crippen LogP) is 0.446. The molecular formula is C14H27N3O4S. The van der Waals surface area contributed by atoms with E-state index in [9.17, 15) is 13.2 Å². The van der Waals surface area contributed by atoms with Gasteiger partial charge in [0, 0.05) is 45.8 Å². The Labute approximate surface area is 133 Å². The molecule has 0 unspecified atom stereocenters. The summed E-state index contributed by atoms with van der Waals surface area (Å²) in [5.41, 5.74) is -0.0637. The van der Waals surface area contributed by atoms with Crippen LogP contribution in [0.25, 0.3) is 0 Å². The molecule has 2 fully saturated rings. The lowest BCUT2D eigenvalue weighted by Gasteiger charge is -2.37. The van der Waals surface area contributed by atoms with Gasteiger partial charge in [-0.3, -0.25) is 4.79 Å². The summed E-state index contributed by atoms with van der Waals surface area (Å²) in [6.45, 7) is 7.79. The van der Waals surface area contributed by atoms with Crippen molar-refractivity contribution < 1.29 is 18.3 Å². The summed E-state index contributed by atoms with van der Waals surface area (Å²) in [4.78, 5) is 13.1. The molecule has 1 saturated heterocycles. The van der Waals surface area contributed by atoms with Gasteiger partial charge in [-0.2, -0.15) is 17.0 Å². The maximum atomic E-state index is 12.5. The normalized spacial score (nSPS) is 22.9. The number of carboxylic acids is 1. The highest BCUT2D eigenvalue weighted by Gasteiger charge is 2.46. The van der Waals surface area contributed by atoms with Crippen LogP contribution in [0, 0.1) is 5.41 Å². The van der Waals surface area contributed by atoms with E-state index in [0.29, 0.717) is 39.3 Å². The maximum absolute atomic E-state index is 12.5. The highest BCUT2D eigenvalue weighted by Crippen LogP contribution is 2.49. The van der Waals surface area contributed by atoms with E-state index in [2.05, 4.69) is 4.90 Å². The SMILES string of the molecule is CCN(CC)S(=O)(=O)N1CCN(CC2(CC(=O)O)CC2)CC1. The van der Waals surface area contributed by atoms with Gasteiger partial charge in [-0.1, -0.05) is 13.8 Å². The molecule has 0 aromatic carbocycles. The van der Waals surface area contributed by atoms with E-state index in [4.69, 9.17) is 5.11 Å². The minimum absolute atomic E-state index is 0.0637. The molecule has 22 heavy (non-hydrogen) atoms. The van der Waals surface area contributed by atoms with E-state index >= 15 is 0 Å². The Morgan fingerprint density at radius 3 is 2.09 bits per heavy atom. The fourth-order valence-corrected chi connectivity index (χ4v) is 4.80. The molecule has 2 rings (SSSR count). The average Bonchev–Trinajstić information content (AvgIpc) is 3.18. The van der Waals surface area contributed by atoms with Crippen molar-refractivity contribution in [3.8, 4) is 0 Å². The topological polar surface area (TPSA) is 81.2 Å². The lowest BCUT2D eigenvalue weighted by atomic mass is 10.0. The number of nitrogens with zero attached hydrogens (tertiary/aromatic N) is 3. The van der Waals surface area contributed by atoms with Gasteiger partial charge in [-0.15, -0.1) is 0 Å². The third kappa shape index (κ3) is 3.98. The zero-order valence-corrected chi connectivity index (χ0v) is 14.3. The lowest BCUT2D eigenvalue weighted by molar-refractivity contribution is -0.138. The molecule has 0 atom stereocenters. The van der Waals surface area contributed by atoms with E-state index in [1.165, 1.54) is 4.31 Å². The first-order valence-electron chi connectivity index (χ1n) is 8.02. The summed E-state index contributed by atoms with van der Waals surface area (Å²) >= 11 is 0. The van der Waals surface area contributed by atoms with Crippen molar-refractivity contribution >= 4 is 16.2 Å². The number of rotatable bonds is 8. The van der Waals surface area contributed by atoms with Crippen molar-refractivity contribution in [1.29, 1.82) is 0 Å². The Hall–Kier alpha value is -0.700. The van der Waals surface area contributed by atoms with Crippen molar-refractivity contribution in [3.05, 3.63) is 0 Å². The highest BCUT2D eigenvalue weighted by molar-refractivity contribution is 7.86. The standard InChI is InChI=1S/C14H27N3O4S/c1-3-16(4-2)22(20,21)17-9-7-15(8-10-17)12-14(5-6-14)11-13(18)19/h3-12H2,1-2H3,(H,18,19). The molecule has 8 heteroatoms. The molecule has 0 spiro atoms. The zero-order chi connectivity index (χ0) is 16.4. The van der Waals surface area contributed by atoms with Gasteiger partial charge in [0.15, 0.2) is 0 Å². The van der Waals surface area contributed by atoms with Gasteiger partial charge in [0.2, 0.25) is 0 Å². The first-order valence-corrected chi connectivity index (χ1v) is 9.42. The first-order chi connectivity index (χ1) is 10.3. The van der Waals surface area contributed by atoms with Crippen LogP contribution in [0.5, 0.6) is 0 Å². The number of carbonyl (C=O) groups is 1. The van der Waals surface area contributed by atoms with Gasteiger partial charge >= 0.3 is 5.97 Å². The van der Waals surface area contributed by atoms with Crippen LogP contribution in [0.4, 0.5) is 0 Å². The molecule has 0 aromatic heterocycles. The smallest absolute Gasteiger partial charge is 0.303 e. The highest BCUT2D eigenvalue weighted by atomic mass is 32.2. The molecule has 0 bridgehead atoms. The van der Waals surface area contributed by atoms with Gasteiger partial charge < -0.3 is 10.0 Å². The number of hydrogen-bond acceptors (Lipinski definition) is 4. The second kappa shape index (κ2) is 6.82. The van der Waals surface area contributed by atoms with E-state index < -0.39 is 16.2 Å². The molecule has 1 aliphatic carbocycles. The quantitative estimate of drug-likeness (QED) is 0.697. The van der Waals surface area contributed by atoms with Crippen LogP contribution in [0.2, 0.25) is 0 Å². The van der Waals surface area contributed by atoms with Gasteiger partial charge in [-0.25, -0.2) is 0 Å². The molecule has 1 aliphatic heterocycles. The second-order valence-electron chi connectivity index (χ2n) is 6.34. The van der Waals surface area contributed by atoms with Crippen molar-refractivity contribution in [2.24, 2.45) is 5.41 Å². The Balaban J connectivity index is 1.87. The molecule has 1 saturated carbocycles. The molecule has 2 aliphatic rings. The van der Waals surface area contributed by atoms with Gasteiger partial charge in [0.05, 0.1) is 6.42 Å². The zero-order valence-electron chi connectivity index (χ0n) is 13.5. The van der Waals surface area contributed by atoms with Gasteiger partial charge in [-0.05, 0) is 18.3 Å². The van der Waals surface area contributed by atoms with Crippen molar-refractivity contribution in [2.45, 2.75) is 33.1 Å². The Morgan fingerprint density at radius 1 is 1.14 bits per heavy atom. The molecule has 0 radical (unpaired) electrons. The number of hydrogen-bond donors (Lipinski definition) is 1. The molecule has 7 nitrogen and oxygen atoms in total. The Bertz CT molecular complexity index is 492. The van der Waals surface area contributed by atoms with Crippen molar-refractivity contribution in [1.82, 2.24) is 13.5 Å². The number of aliphatic carboxylic acids is 1. The van der Waals surface area contributed by atoms with Gasteiger partial charge in [0.25, 0.3) is 10.2 Å². The summed E-state index contributed by atoms with van der Waals surface area (Å²) in [6, 6.07) is 0. The maximum Gasteiger partial charge on any atom is 0.303 e. The summed E-state index contributed by atoms with van der Waals surface area (Å²) in [7, 11) is -3.35. The van der Waals surface area contributed by atoms with Crippen molar-refractivity contribution in [2.75, 3.05) is 45.8 Å². The van der Waals surface area contributed by atoms with E-state index in [1.54, 1.807) is 4.31 Å². The third-order valence-corrected chi connectivity index (χ3v) is 6.92. The number of piperazine rings is 1. The summed E-state index contributed by atoms with van der Waals surface area (Å²) < 4.78 is 27.9. The van der Waals surface area contributed by atoms with Crippen LogP contribution in [0.15, 0.2) is 0 Å². The van der Waals surface area contributed by atoms with Crippen LogP contribution in [0.3, 0.4) is 0 Å². The third-order valence-electron chi connectivity index (χ3n) is 4.73. The lowest BCUT2D eigenvalue weighted by Crippen LogP contribution is -2.53. The van der Waals surface area contributed by atoms with E-state index in [-0.39, 0.29) is 11.8 Å². The summed E-state index contributed by atoms with van der Waals surface area (Å²) in [5, 5.41) is 8.97. The largest absolute Gasteiger partial charge is 0.481 e. The van der Waals surface area contributed by atoms with Crippen LogP contribution in [-0.4, -0.2) is 78.8 Å². The van der Waals surface area contributed by atoms with E-state index in [1.807, 2.05) is 13.8 Å². The molecule has 1 N–H and O–H groups in total. The minimum Gasteiger partial charge on any atom is -0.481 e. The molecular weight excluding hydrogens is 306 g/mol. The van der Waals surface area contributed by atoms with E-state index in [0.717, 1.165) is 19.4 Å². The molecule has 128 valence electrons. The van der Waals surface area contributed by atoms with Crippen LogP contribution < -0.4 is 0 Å². The first kappa shape index (κ1) is 17.7. The Kier molecular flexibility index (Phi) is 5.47. The van der Waals surface area contributed by atoms with Crippen LogP contribution >= 0.6 is 0 Å².